The number of ether oxygens (including phenoxy) is 1. The zero-order chi connectivity index (χ0) is 18.2. The monoisotopic (exact) mass is 363 g/mol. The highest BCUT2D eigenvalue weighted by molar-refractivity contribution is 7.85. The predicted molar refractivity (Wildman–Crippen MR) is 91.9 cm³/mol. The lowest BCUT2D eigenvalue weighted by Gasteiger charge is -2.09. The number of carbonyl (C=O) groups excluding carboxylic acids is 2. The molecule has 2 aromatic carbocycles. The summed E-state index contributed by atoms with van der Waals surface area (Å²) in [5.74, 6) is -1.16. The van der Waals surface area contributed by atoms with Gasteiger partial charge in [-0.05, 0) is 29.8 Å². The summed E-state index contributed by atoms with van der Waals surface area (Å²) >= 11 is 0. The Kier molecular flexibility index (Phi) is 6.82. The molecule has 132 valence electrons. The van der Waals surface area contributed by atoms with Gasteiger partial charge >= 0.3 is 5.97 Å². The third kappa shape index (κ3) is 5.49. The second-order valence-electron chi connectivity index (χ2n) is 5.11. The maximum atomic E-state index is 12.8. The fourth-order valence-corrected chi connectivity index (χ4v) is 2.99. The Morgan fingerprint density at radius 3 is 2.48 bits per heavy atom. The van der Waals surface area contributed by atoms with Gasteiger partial charge in [0.15, 0.2) is 6.61 Å². The van der Waals surface area contributed by atoms with Crippen LogP contribution in [0.1, 0.15) is 22.8 Å². The molecule has 1 N–H and O–H groups in total. The molecule has 0 fully saturated rings. The van der Waals surface area contributed by atoms with Crippen LogP contribution in [0.15, 0.2) is 53.4 Å². The number of hydrogen-bond acceptors (Lipinski definition) is 4. The second-order valence-corrected chi connectivity index (χ2v) is 6.82. The number of nitrogens with one attached hydrogen (secondary N) is 1. The highest BCUT2D eigenvalue weighted by Gasteiger charge is 2.17. The Balaban J connectivity index is 1.88. The molecule has 0 spiro atoms. The Hall–Kier alpha value is -2.54. The van der Waals surface area contributed by atoms with Gasteiger partial charge in [-0.25, -0.2) is 9.18 Å². The summed E-state index contributed by atoms with van der Waals surface area (Å²) in [5.41, 5.74) is 0.916. The molecule has 1 amide bonds. The molecule has 1 atom stereocenters. The van der Waals surface area contributed by atoms with Crippen LogP contribution in [0.2, 0.25) is 0 Å². The number of amides is 1. The summed E-state index contributed by atoms with van der Waals surface area (Å²) in [6.07, 6.45) is 0. The highest BCUT2D eigenvalue weighted by Crippen LogP contribution is 2.15. The van der Waals surface area contributed by atoms with E-state index < -0.39 is 29.3 Å². The lowest BCUT2D eigenvalue weighted by molar-refractivity contribution is -0.124. The van der Waals surface area contributed by atoms with Gasteiger partial charge in [-0.2, -0.15) is 0 Å². The Bertz CT molecular complexity index is 777. The lowest BCUT2D eigenvalue weighted by atomic mass is 10.2. The van der Waals surface area contributed by atoms with Crippen molar-refractivity contribution >= 4 is 22.7 Å². The first kappa shape index (κ1) is 18.8. The number of carbonyl (C=O) groups is 2. The molecule has 0 aromatic heterocycles. The standard InChI is InChI=1S/C18H18FNO4S/c1-2-25(23)16-6-4-3-5-15(16)18(22)24-12-17(21)20-11-13-7-9-14(19)10-8-13/h3-10H,2,11-12H2,1H3,(H,20,21)/t25-/m0/s1. The molecule has 0 unspecified atom stereocenters. The number of rotatable bonds is 7. The fourth-order valence-electron chi connectivity index (χ4n) is 2.05. The van der Waals surface area contributed by atoms with Crippen molar-refractivity contribution in [2.45, 2.75) is 18.4 Å². The Labute approximate surface area is 147 Å². The van der Waals surface area contributed by atoms with E-state index in [9.17, 15) is 18.2 Å². The van der Waals surface area contributed by atoms with E-state index in [4.69, 9.17) is 4.74 Å². The van der Waals surface area contributed by atoms with Crippen molar-refractivity contribution < 1.29 is 22.9 Å². The largest absolute Gasteiger partial charge is 0.452 e. The molecular weight excluding hydrogens is 345 g/mol. The number of esters is 1. The quantitative estimate of drug-likeness (QED) is 0.767. The van der Waals surface area contributed by atoms with Crippen LogP contribution >= 0.6 is 0 Å². The molecule has 2 aromatic rings. The molecular formula is C18H18FNO4S. The van der Waals surface area contributed by atoms with Crippen molar-refractivity contribution in [2.24, 2.45) is 0 Å². The van der Waals surface area contributed by atoms with E-state index in [1.54, 1.807) is 37.3 Å². The minimum Gasteiger partial charge on any atom is -0.452 e. The van der Waals surface area contributed by atoms with Gasteiger partial charge in [0.1, 0.15) is 5.82 Å². The molecule has 0 saturated heterocycles. The van der Waals surface area contributed by atoms with Crippen LogP contribution in [0.25, 0.3) is 0 Å². The number of benzene rings is 2. The van der Waals surface area contributed by atoms with Gasteiger partial charge in [0.25, 0.3) is 5.91 Å². The van der Waals surface area contributed by atoms with Crippen LogP contribution in [-0.2, 0) is 26.9 Å². The normalized spacial score (nSPS) is 11.6. The summed E-state index contributed by atoms with van der Waals surface area (Å²) in [4.78, 5) is 24.3. The average Bonchev–Trinajstić information content (AvgIpc) is 2.65. The molecule has 25 heavy (non-hydrogen) atoms. The summed E-state index contributed by atoms with van der Waals surface area (Å²) in [7, 11) is -1.30. The van der Waals surface area contributed by atoms with Crippen molar-refractivity contribution in [1.29, 1.82) is 0 Å². The van der Waals surface area contributed by atoms with Crippen molar-refractivity contribution in [2.75, 3.05) is 12.4 Å². The van der Waals surface area contributed by atoms with E-state index in [0.717, 1.165) is 5.56 Å². The predicted octanol–water partition coefficient (Wildman–Crippen LogP) is 2.43. The maximum absolute atomic E-state index is 12.8. The van der Waals surface area contributed by atoms with E-state index >= 15 is 0 Å². The van der Waals surface area contributed by atoms with Gasteiger partial charge in [-0.3, -0.25) is 9.00 Å². The Morgan fingerprint density at radius 1 is 1.12 bits per heavy atom. The smallest absolute Gasteiger partial charge is 0.339 e. The first-order valence-electron chi connectivity index (χ1n) is 7.67. The minimum atomic E-state index is -1.30. The van der Waals surface area contributed by atoms with Crippen LogP contribution in [-0.4, -0.2) is 28.4 Å². The van der Waals surface area contributed by atoms with E-state index in [0.29, 0.717) is 10.6 Å². The SMILES string of the molecule is CC[S@](=O)c1ccccc1C(=O)OCC(=O)NCc1ccc(F)cc1. The van der Waals surface area contributed by atoms with E-state index in [-0.39, 0.29) is 17.9 Å². The van der Waals surface area contributed by atoms with Gasteiger partial charge in [0.05, 0.1) is 21.3 Å². The average molecular weight is 363 g/mol. The summed E-state index contributed by atoms with van der Waals surface area (Å²) < 4.78 is 29.7. The molecule has 5 nitrogen and oxygen atoms in total. The molecule has 0 aliphatic heterocycles. The second kappa shape index (κ2) is 9.08. The third-order valence-electron chi connectivity index (χ3n) is 3.35. The molecule has 0 bridgehead atoms. The van der Waals surface area contributed by atoms with Crippen LogP contribution in [0, 0.1) is 5.82 Å². The van der Waals surface area contributed by atoms with Crippen LogP contribution in [0.5, 0.6) is 0 Å². The van der Waals surface area contributed by atoms with Crippen molar-refractivity contribution in [3.63, 3.8) is 0 Å². The maximum Gasteiger partial charge on any atom is 0.339 e. The number of halogens is 1. The summed E-state index contributed by atoms with van der Waals surface area (Å²) in [6.45, 7) is 1.50. The van der Waals surface area contributed by atoms with E-state index in [1.807, 2.05) is 0 Å². The van der Waals surface area contributed by atoms with Crippen molar-refractivity contribution in [3.8, 4) is 0 Å². The first-order valence-corrected chi connectivity index (χ1v) is 8.98. The summed E-state index contributed by atoms with van der Waals surface area (Å²) in [5, 5.41) is 2.58. The third-order valence-corrected chi connectivity index (χ3v) is 4.72. The van der Waals surface area contributed by atoms with Gasteiger partial charge in [-0.15, -0.1) is 0 Å². The Morgan fingerprint density at radius 2 is 1.80 bits per heavy atom. The summed E-state index contributed by atoms with van der Waals surface area (Å²) in [6, 6.07) is 12.2. The van der Waals surface area contributed by atoms with E-state index in [2.05, 4.69) is 5.32 Å². The minimum absolute atomic E-state index is 0.189. The molecule has 0 aliphatic carbocycles. The van der Waals surface area contributed by atoms with Crippen molar-refractivity contribution in [3.05, 3.63) is 65.5 Å². The van der Waals surface area contributed by atoms with Gasteiger partial charge in [0.2, 0.25) is 0 Å². The fraction of sp³-hybridized carbons (Fsp3) is 0.222. The van der Waals surface area contributed by atoms with Gasteiger partial charge in [0, 0.05) is 12.3 Å². The highest BCUT2D eigenvalue weighted by atomic mass is 32.2. The van der Waals surface area contributed by atoms with Crippen LogP contribution in [0.4, 0.5) is 4.39 Å². The molecule has 0 saturated carbocycles. The first-order chi connectivity index (χ1) is 12.0. The molecule has 0 aliphatic rings. The van der Waals surface area contributed by atoms with Crippen LogP contribution < -0.4 is 5.32 Å². The van der Waals surface area contributed by atoms with Crippen molar-refractivity contribution in [1.82, 2.24) is 5.32 Å². The molecule has 0 heterocycles. The van der Waals surface area contributed by atoms with E-state index in [1.165, 1.54) is 18.2 Å². The van der Waals surface area contributed by atoms with Gasteiger partial charge < -0.3 is 10.1 Å². The zero-order valence-corrected chi connectivity index (χ0v) is 14.5. The topological polar surface area (TPSA) is 72.5 Å². The zero-order valence-electron chi connectivity index (χ0n) is 13.7. The van der Waals surface area contributed by atoms with Gasteiger partial charge in [-0.1, -0.05) is 31.2 Å². The lowest BCUT2D eigenvalue weighted by Crippen LogP contribution is -2.28. The molecule has 7 heteroatoms. The van der Waals surface area contributed by atoms with Crippen LogP contribution in [0.3, 0.4) is 0 Å². The number of hydrogen-bond donors (Lipinski definition) is 1. The molecule has 0 radical (unpaired) electrons. The molecule has 2 rings (SSSR count).